The number of anilines is 2. The van der Waals surface area contributed by atoms with Gasteiger partial charge in [-0.2, -0.15) is 0 Å². The quantitative estimate of drug-likeness (QED) is 0.521. The Labute approximate surface area is 173 Å². The van der Waals surface area contributed by atoms with Crippen LogP contribution < -0.4 is 10.0 Å². The molecule has 0 aliphatic rings. The molecule has 8 heteroatoms. The van der Waals surface area contributed by atoms with Gasteiger partial charge >= 0.3 is 0 Å². The van der Waals surface area contributed by atoms with Gasteiger partial charge in [-0.05, 0) is 66.8 Å². The van der Waals surface area contributed by atoms with E-state index in [0.717, 1.165) is 21.7 Å². The standard InChI is InChI=1S/C20H20N2O3S3/c1-14-5-6-15(2)18(12-14)21-19(23)13-27-17-9-7-16(8-10-17)22-28(24,25)20-4-3-11-26-20/h3-12,22H,13H2,1-2H3,(H,21,23). The van der Waals surface area contributed by atoms with Crippen molar-refractivity contribution >= 4 is 50.4 Å². The fourth-order valence-corrected chi connectivity index (χ4v) is 5.20. The normalized spacial score (nSPS) is 11.2. The summed E-state index contributed by atoms with van der Waals surface area (Å²) in [6.45, 7) is 3.94. The molecule has 0 saturated carbocycles. The van der Waals surface area contributed by atoms with E-state index in [1.54, 1.807) is 41.8 Å². The number of nitrogens with one attached hydrogen (secondary N) is 2. The van der Waals surface area contributed by atoms with Gasteiger partial charge in [0.15, 0.2) is 0 Å². The number of aryl methyl sites for hydroxylation is 2. The Kier molecular flexibility index (Phi) is 6.43. The van der Waals surface area contributed by atoms with Crippen molar-refractivity contribution in [3.8, 4) is 0 Å². The summed E-state index contributed by atoms with van der Waals surface area (Å²) < 4.78 is 27.3. The lowest BCUT2D eigenvalue weighted by atomic mass is 10.1. The van der Waals surface area contributed by atoms with Crippen molar-refractivity contribution in [2.24, 2.45) is 0 Å². The van der Waals surface area contributed by atoms with Gasteiger partial charge in [0.1, 0.15) is 4.21 Å². The van der Waals surface area contributed by atoms with Gasteiger partial charge in [0, 0.05) is 16.3 Å². The van der Waals surface area contributed by atoms with Crippen LogP contribution in [0.4, 0.5) is 11.4 Å². The Morgan fingerprint density at radius 1 is 1.07 bits per heavy atom. The molecular formula is C20H20N2O3S3. The highest BCUT2D eigenvalue weighted by atomic mass is 32.2. The maximum atomic E-state index is 12.2. The van der Waals surface area contributed by atoms with Gasteiger partial charge in [-0.1, -0.05) is 18.2 Å². The van der Waals surface area contributed by atoms with Gasteiger partial charge in [0.05, 0.1) is 5.75 Å². The van der Waals surface area contributed by atoms with Gasteiger partial charge in [-0.25, -0.2) is 8.42 Å². The van der Waals surface area contributed by atoms with Crippen molar-refractivity contribution in [1.82, 2.24) is 0 Å². The van der Waals surface area contributed by atoms with E-state index in [9.17, 15) is 13.2 Å². The van der Waals surface area contributed by atoms with Crippen LogP contribution in [0.3, 0.4) is 0 Å². The minimum Gasteiger partial charge on any atom is -0.325 e. The van der Waals surface area contributed by atoms with Gasteiger partial charge in [-0.15, -0.1) is 23.1 Å². The second-order valence-corrected chi connectivity index (χ2v) is 10.1. The average Bonchev–Trinajstić information content (AvgIpc) is 3.20. The summed E-state index contributed by atoms with van der Waals surface area (Å²) in [7, 11) is -3.55. The van der Waals surface area contributed by atoms with Crippen LogP contribution in [-0.4, -0.2) is 20.1 Å². The Balaban J connectivity index is 1.56. The summed E-state index contributed by atoms with van der Waals surface area (Å²) in [6.07, 6.45) is 0. The van der Waals surface area contributed by atoms with Crippen LogP contribution in [0.15, 0.2) is 69.1 Å². The van der Waals surface area contributed by atoms with E-state index in [4.69, 9.17) is 0 Å². The third-order valence-electron chi connectivity index (χ3n) is 3.90. The molecule has 1 heterocycles. The molecule has 1 aromatic heterocycles. The molecule has 0 aliphatic heterocycles. The van der Waals surface area contributed by atoms with Crippen molar-refractivity contribution in [2.75, 3.05) is 15.8 Å². The molecule has 0 aliphatic carbocycles. The summed E-state index contributed by atoms with van der Waals surface area (Å²) in [6, 6.07) is 16.2. The monoisotopic (exact) mass is 432 g/mol. The number of carbonyl (C=O) groups is 1. The number of amides is 1. The molecule has 3 rings (SSSR count). The van der Waals surface area contributed by atoms with Crippen molar-refractivity contribution in [1.29, 1.82) is 0 Å². The van der Waals surface area contributed by atoms with E-state index >= 15 is 0 Å². The molecule has 146 valence electrons. The minimum atomic E-state index is -3.55. The second kappa shape index (κ2) is 8.81. The van der Waals surface area contributed by atoms with Crippen LogP contribution in [0.5, 0.6) is 0 Å². The largest absolute Gasteiger partial charge is 0.325 e. The summed E-state index contributed by atoms with van der Waals surface area (Å²) in [5.41, 5.74) is 3.42. The molecule has 1 amide bonds. The van der Waals surface area contributed by atoms with E-state index in [0.29, 0.717) is 5.69 Å². The summed E-state index contributed by atoms with van der Waals surface area (Å²) in [5, 5.41) is 4.65. The van der Waals surface area contributed by atoms with E-state index in [1.165, 1.54) is 23.1 Å². The molecule has 2 N–H and O–H groups in total. The van der Waals surface area contributed by atoms with Crippen LogP contribution >= 0.6 is 23.1 Å². The number of hydrogen-bond acceptors (Lipinski definition) is 5. The highest BCUT2D eigenvalue weighted by Crippen LogP contribution is 2.24. The zero-order chi connectivity index (χ0) is 20.1. The van der Waals surface area contributed by atoms with Crippen LogP contribution in [0.1, 0.15) is 11.1 Å². The third kappa shape index (κ3) is 5.37. The first kappa shape index (κ1) is 20.4. The van der Waals surface area contributed by atoms with Gasteiger partial charge in [-0.3, -0.25) is 9.52 Å². The minimum absolute atomic E-state index is 0.0822. The van der Waals surface area contributed by atoms with E-state index in [-0.39, 0.29) is 15.9 Å². The Morgan fingerprint density at radius 3 is 2.50 bits per heavy atom. The second-order valence-electron chi connectivity index (χ2n) is 6.22. The van der Waals surface area contributed by atoms with Crippen LogP contribution in [-0.2, 0) is 14.8 Å². The molecule has 0 spiro atoms. The molecule has 3 aromatic rings. The molecule has 2 aromatic carbocycles. The zero-order valence-corrected chi connectivity index (χ0v) is 17.9. The molecule has 0 atom stereocenters. The van der Waals surface area contributed by atoms with Crippen molar-refractivity contribution < 1.29 is 13.2 Å². The molecule has 0 unspecified atom stereocenters. The number of hydrogen-bond donors (Lipinski definition) is 2. The smallest absolute Gasteiger partial charge is 0.271 e. The highest BCUT2D eigenvalue weighted by molar-refractivity contribution is 8.00. The van der Waals surface area contributed by atoms with E-state index < -0.39 is 10.0 Å². The summed E-state index contributed by atoms with van der Waals surface area (Å²) in [5.74, 6) is 0.189. The lowest BCUT2D eigenvalue weighted by Crippen LogP contribution is -2.15. The summed E-state index contributed by atoms with van der Waals surface area (Å²) in [4.78, 5) is 13.1. The van der Waals surface area contributed by atoms with E-state index in [2.05, 4.69) is 10.0 Å². The number of benzene rings is 2. The predicted molar refractivity (Wildman–Crippen MR) is 117 cm³/mol. The molecule has 0 bridgehead atoms. The molecule has 0 radical (unpaired) electrons. The van der Waals surface area contributed by atoms with Crippen molar-refractivity contribution in [3.63, 3.8) is 0 Å². The molecule has 0 fully saturated rings. The first-order valence-corrected chi connectivity index (χ1v) is 11.8. The maximum Gasteiger partial charge on any atom is 0.271 e. The number of thiophene rings is 1. The zero-order valence-electron chi connectivity index (χ0n) is 15.4. The first-order chi connectivity index (χ1) is 13.3. The van der Waals surface area contributed by atoms with Crippen LogP contribution in [0.2, 0.25) is 0 Å². The lowest BCUT2D eigenvalue weighted by molar-refractivity contribution is -0.113. The average molecular weight is 433 g/mol. The SMILES string of the molecule is Cc1ccc(C)c(NC(=O)CSc2ccc(NS(=O)(=O)c3cccs3)cc2)c1. The van der Waals surface area contributed by atoms with Gasteiger partial charge < -0.3 is 5.32 Å². The lowest BCUT2D eigenvalue weighted by Gasteiger charge is -2.10. The fourth-order valence-electron chi connectivity index (χ4n) is 2.45. The molecule has 0 saturated heterocycles. The molecular weight excluding hydrogens is 412 g/mol. The molecule has 5 nitrogen and oxygen atoms in total. The van der Waals surface area contributed by atoms with Crippen molar-refractivity contribution in [2.45, 2.75) is 23.0 Å². The fraction of sp³-hybridized carbons (Fsp3) is 0.150. The molecule has 28 heavy (non-hydrogen) atoms. The highest BCUT2D eigenvalue weighted by Gasteiger charge is 2.15. The number of rotatable bonds is 7. The Bertz CT molecular complexity index is 1060. The van der Waals surface area contributed by atoms with Crippen LogP contribution in [0.25, 0.3) is 0 Å². The van der Waals surface area contributed by atoms with Gasteiger partial charge in [0.25, 0.3) is 10.0 Å². The maximum absolute atomic E-state index is 12.2. The Morgan fingerprint density at radius 2 is 1.82 bits per heavy atom. The topological polar surface area (TPSA) is 75.3 Å². The van der Waals surface area contributed by atoms with E-state index in [1.807, 2.05) is 32.0 Å². The summed E-state index contributed by atoms with van der Waals surface area (Å²) >= 11 is 2.56. The number of carbonyl (C=O) groups excluding carboxylic acids is 1. The predicted octanol–water partition coefficient (Wildman–Crippen LogP) is 4.90. The Hall–Kier alpha value is -2.29. The van der Waals surface area contributed by atoms with Crippen LogP contribution in [0, 0.1) is 13.8 Å². The van der Waals surface area contributed by atoms with Gasteiger partial charge in [0.2, 0.25) is 5.91 Å². The first-order valence-electron chi connectivity index (χ1n) is 8.50. The van der Waals surface area contributed by atoms with Crippen molar-refractivity contribution in [3.05, 3.63) is 71.1 Å². The number of thioether (sulfide) groups is 1. The number of sulfonamides is 1. The third-order valence-corrected chi connectivity index (χ3v) is 7.69.